The lowest BCUT2D eigenvalue weighted by molar-refractivity contribution is -0.143. The summed E-state index contributed by atoms with van der Waals surface area (Å²) in [5, 5.41) is 34.0. The minimum atomic E-state index is -1.74. The molecule has 0 spiro atoms. The molecule has 1 rings (SSSR count). The highest BCUT2D eigenvalue weighted by Gasteiger charge is 2.32. The number of primary amides is 1. The van der Waals surface area contributed by atoms with Crippen molar-refractivity contribution in [1.29, 1.82) is 0 Å². The minimum absolute atomic E-state index is 0.124. The van der Waals surface area contributed by atoms with Crippen molar-refractivity contribution in [2.75, 3.05) is 0 Å². The van der Waals surface area contributed by atoms with E-state index in [2.05, 4.69) is 16.0 Å². The van der Waals surface area contributed by atoms with Crippen LogP contribution in [-0.2, 0) is 40.0 Å². The van der Waals surface area contributed by atoms with Crippen LogP contribution in [0.4, 0.5) is 0 Å². The number of carboxylic acids is 3. The zero-order chi connectivity index (χ0) is 28.8. The maximum absolute atomic E-state index is 12.9. The third-order valence-corrected chi connectivity index (χ3v) is 5.23. The predicted octanol–water partition coefficient (Wildman–Crippen LogP) is -2.30. The standard InChI is InChI=1S/C23H31N5O10/c24-13(6-9-18(30)31)20(34)26-14(7-8-17(25)29)21(35)27-15(11-19(32)33)22(36)28-16(23(37)38)10-12-4-2-1-3-5-12/h1-5,13-16H,6-11,24H2,(H2,25,29)(H,26,34)(H,27,35)(H,28,36)(H,30,31)(H,32,33)(H,37,38). The van der Waals surface area contributed by atoms with Crippen LogP contribution in [0.15, 0.2) is 30.3 Å². The van der Waals surface area contributed by atoms with Crippen LogP contribution in [0, 0.1) is 0 Å². The number of amides is 4. The van der Waals surface area contributed by atoms with Crippen LogP contribution in [0.2, 0.25) is 0 Å². The molecule has 15 nitrogen and oxygen atoms in total. The number of carbonyl (C=O) groups excluding carboxylic acids is 4. The Morgan fingerprint density at radius 3 is 1.79 bits per heavy atom. The second-order valence-electron chi connectivity index (χ2n) is 8.35. The molecule has 4 atom stereocenters. The highest BCUT2D eigenvalue weighted by atomic mass is 16.4. The first-order valence-corrected chi connectivity index (χ1v) is 11.5. The van der Waals surface area contributed by atoms with E-state index in [0.29, 0.717) is 5.56 Å². The van der Waals surface area contributed by atoms with Crippen molar-refractivity contribution in [3.8, 4) is 0 Å². The fourth-order valence-electron chi connectivity index (χ4n) is 3.22. The van der Waals surface area contributed by atoms with E-state index in [4.69, 9.17) is 16.6 Å². The quantitative estimate of drug-likeness (QED) is 0.105. The largest absolute Gasteiger partial charge is 0.481 e. The predicted molar refractivity (Wildman–Crippen MR) is 129 cm³/mol. The summed E-state index contributed by atoms with van der Waals surface area (Å²) in [6.45, 7) is 0. The Morgan fingerprint density at radius 1 is 0.711 bits per heavy atom. The minimum Gasteiger partial charge on any atom is -0.481 e. The van der Waals surface area contributed by atoms with Crippen LogP contribution in [-0.4, -0.2) is 81.0 Å². The maximum atomic E-state index is 12.9. The Morgan fingerprint density at radius 2 is 1.26 bits per heavy atom. The van der Waals surface area contributed by atoms with Crippen LogP contribution >= 0.6 is 0 Å². The van der Waals surface area contributed by atoms with E-state index in [1.165, 1.54) is 0 Å². The van der Waals surface area contributed by atoms with Gasteiger partial charge in [0.1, 0.15) is 18.1 Å². The van der Waals surface area contributed by atoms with Crippen LogP contribution in [0.1, 0.15) is 37.7 Å². The molecule has 10 N–H and O–H groups in total. The van der Waals surface area contributed by atoms with Gasteiger partial charge in [0.2, 0.25) is 23.6 Å². The zero-order valence-electron chi connectivity index (χ0n) is 20.3. The molecule has 15 heteroatoms. The molecule has 0 fully saturated rings. The van der Waals surface area contributed by atoms with Crippen molar-refractivity contribution in [2.45, 2.75) is 62.7 Å². The lowest BCUT2D eigenvalue weighted by atomic mass is 10.0. The fourth-order valence-corrected chi connectivity index (χ4v) is 3.22. The van der Waals surface area contributed by atoms with E-state index in [0.717, 1.165) is 0 Å². The number of carbonyl (C=O) groups is 7. The van der Waals surface area contributed by atoms with Crippen molar-refractivity contribution < 1.29 is 48.9 Å². The number of nitrogens with two attached hydrogens (primary N) is 2. The normalized spacial score (nSPS) is 13.7. The van der Waals surface area contributed by atoms with Crippen molar-refractivity contribution in [2.24, 2.45) is 11.5 Å². The molecule has 4 unspecified atom stereocenters. The summed E-state index contributed by atoms with van der Waals surface area (Å²) in [4.78, 5) is 83.0. The fraction of sp³-hybridized carbons (Fsp3) is 0.435. The van der Waals surface area contributed by atoms with Gasteiger partial charge in [-0.15, -0.1) is 0 Å². The number of carboxylic acid groups (broad SMARTS) is 3. The van der Waals surface area contributed by atoms with Gasteiger partial charge >= 0.3 is 17.9 Å². The first-order chi connectivity index (χ1) is 17.8. The molecular weight excluding hydrogens is 506 g/mol. The van der Waals surface area contributed by atoms with E-state index in [9.17, 15) is 43.8 Å². The van der Waals surface area contributed by atoms with E-state index >= 15 is 0 Å². The highest BCUT2D eigenvalue weighted by Crippen LogP contribution is 2.06. The maximum Gasteiger partial charge on any atom is 0.326 e. The molecule has 1 aromatic rings. The molecule has 38 heavy (non-hydrogen) atoms. The summed E-state index contributed by atoms with van der Waals surface area (Å²) in [5.74, 6) is -8.02. The smallest absolute Gasteiger partial charge is 0.326 e. The molecule has 0 aliphatic heterocycles. The lowest BCUT2D eigenvalue weighted by Gasteiger charge is -2.24. The van der Waals surface area contributed by atoms with Gasteiger partial charge < -0.3 is 42.7 Å². The number of hydrogen-bond acceptors (Lipinski definition) is 8. The number of aliphatic carboxylic acids is 3. The third kappa shape index (κ3) is 11.9. The van der Waals surface area contributed by atoms with Crippen LogP contribution in [0.3, 0.4) is 0 Å². The van der Waals surface area contributed by atoms with Gasteiger partial charge in [-0.2, -0.15) is 0 Å². The number of nitrogens with one attached hydrogen (secondary N) is 3. The van der Waals surface area contributed by atoms with Crippen molar-refractivity contribution in [1.82, 2.24) is 16.0 Å². The lowest BCUT2D eigenvalue weighted by Crippen LogP contribution is -2.57. The van der Waals surface area contributed by atoms with Crippen molar-refractivity contribution in [3.05, 3.63) is 35.9 Å². The molecule has 0 aromatic heterocycles. The molecule has 0 radical (unpaired) electrons. The van der Waals surface area contributed by atoms with Gasteiger partial charge in [0, 0.05) is 19.3 Å². The van der Waals surface area contributed by atoms with Gasteiger partial charge in [-0.25, -0.2) is 4.79 Å². The Labute approximate surface area is 216 Å². The molecule has 208 valence electrons. The van der Waals surface area contributed by atoms with Gasteiger partial charge in [0.05, 0.1) is 12.5 Å². The molecule has 1 aromatic carbocycles. The molecule has 0 aliphatic rings. The SMILES string of the molecule is NC(=O)CCC(NC(=O)C(N)CCC(=O)O)C(=O)NC(CC(=O)O)C(=O)NC(Cc1ccccc1)C(=O)O. The summed E-state index contributed by atoms with van der Waals surface area (Å²) in [7, 11) is 0. The molecular formula is C23H31N5O10. The molecule has 0 saturated heterocycles. The summed E-state index contributed by atoms with van der Waals surface area (Å²) in [6.07, 6.45) is -2.46. The average Bonchev–Trinajstić information content (AvgIpc) is 2.83. The summed E-state index contributed by atoms with van der Waals surface area (Å²) >= 11 is 0. The first-order valence-electron chi connectivity index (χ1n) is 11.5. The molecule has 0 heterocycles. The van der Waals surface area contributed by atoms with E-state index in [1.54, 1.807) is 30.3 Å². The van der Waals surface area contributed by atoms with Gasteiger partial charge in [0.25, 0.3) is 0 Å². The number of hydrogen-bond donors (Lipinski definition) is 8. The van der Waals surface area contributed by atoms with Crippen molar-refractivity contribution >= 4 is 41.5 Å². The Kier molecular flexibility index (Phi) is 12.9. The Hall–Kier alpha value is -4.53. The molecule has 4 amide bonds. The van der Waals surface area contributed by atoms with Gasteiger partial charge in [-0.3, -0.25) is 28.8 Å². The Balaban J connectivity index is 3.02. The van der Waals surface area contributed by atoms with Gasteiger partial charge in [0.15, 0.2) is 0 Å². The van der Waals surface area contributed by atoms with Crippen LogP contribution in [0.25, 0.3) is 0 Å². The topological polar surface area (TPSA) is 268 Å². The van der Waals surface area contributed by atoms with Gasteiger partial charge in [-0.05, 0) is 18.4 Å². The summed E-state index contributed by atoms with van der Waals surface area (Å²) < 4.78 is 0. The third-order valence-electron chi connectivity index (χ3n) is 5.23. The summed E-state index contributed by atoms with van der Waals surface area (Å²) in [6, 6.07) is 2.30. The molecule has 0 aliphatic carbocycles. The monoisotopic (exact) mass is 537 g/mol. The van der Waals surface area contributed by atoms with Crippen molar-refractivity contribution in [3.63, 3.8) is 0 Å². The molecule has 0 bridgehead atoms. The number of rotatable bonds is 17. The Bertz CT molecular complexity index is 1030. The average molecular weight is 538 g/mol. The second-order valence-corrected chi connectivity index (χ2v) is 8.35. The first kappa shape index (κ1) is 31.5. The zero-order valence-corrected chi connectivity index (χ0v) is 20.3. The second kappa shape index (κ2) is 15.6. The van der Waals surface area contributed by atoms with E-state index < -0.39 is 78.5 Å². The highest BCUT2D eigenvalue weighted by molar-refractivity contribution is 5.96. The number of benzene rings is 1. The van der Waals surface area contributed by atoms with Crippen LogP contribution in [0.5, 0.6) is 0 Å². The van der Waals surface area contributed by atoms with Gasteiger partial charge in [-0.1, -0.05) is 30.3 Å². The summed E-state index contributed by atoms with van der Waals surface area (Å²) in [5.41, 5.74) is 11.3. The molecule has 0 saturated carbocycles. The van der Waals surface area contributed by atoms with E-state index in [1.807, 2.05) is 0 Å². The van der Waals surface area contributed by atoms with E-state index in [-0.39, 0.29) is 25.7 Å². The van der Waals surface area contributed by atoms with Crippen LogP contribution < -0.4 is 27.4 Å².